The Morgan fingerprint density at radius 2 is 1.90 bits per heavy atom. The lowest BCUT2D eigenvalue weighted by Gasteiger charge is -2.19. The quantitative estimate of drug-likeness (QED) is 0.400. The minimum Gasteiger partial charge on any atom is -0.762 e. The summed E-state index contributed by atoms with van der Waals surface area (Å²) < 4.78 is 4.79. The molecule has 0 unspecified atom stereocenters. The highest BCUT2D eigenvalue weighted by atomic mass is 32.1. The van der Waals surface area contributed by atoms with Gasteiger partial charge < -0.3 is 15.5 Å². The summed E-state index contributed by atoms with van der Waals surface area (Å²) in [4.78, 5) is 11.7. The van der Waals surface area contributed by atoms with Crippen LogP contribution in [0.1, 0.15) is 33.3 Å². The third-order valence-electron chi connectivity index (χ3n) is 2.83. The Hall–Kier alpha value is -1.97. The number of anilines is 1. The van der Waals surface area contributed by atoms with E-state index in [-0.39, 0.29) is 22.6 Å². The largest absolute Gasteiger partial charge is 0.762 e. The molecular formula is C16H19N2O2S-. The predicted molar refractivity (Wildman–Crippen MR) is 89.9 cm³/mol. The molecule has 0 atom stereocenters. The van der Waals surface area contributed by atoms with Crippen molar-refractivity contribution in [3.05, 3.63) is 40.8 Å². The van der Waals surface area contributed by atoms with Gasteiger partial charge in [0.05, 0.1) is 6.61 Å². The summed E-state index contributed by atoms with van der Waals surface area (Å²) in [5.74, 6) is 1.08. The molecule has 0 fully saturated rings. The van der Waals surface area contributed by atoms with Gasteiger partial charge in [-0.2, -0.15) is 0 Å². The number of benzene rings is 1. The van der Waals surface area contributed by atoms with E-state index in [1.165, 1.54) is 5.56 Å². The van der Waals surface area contributed by atoms with Gasteiger partial charge in [0.15, 0.2) is 0 Å². The van der Waals surface area contributed by atoms with Gasteiger partial charge in [-0.25, -0.2) is 4.79 Å². The Labute approximate surface area is 130 Å². The summed E-state index contributed by atoms with van der Waals surface area (Å²) in [5, 5.41) is 11.9. The summed E-state index contributed by atoms with van der Waals surface area (Å²) in [5.41, 5.74) is 1.79. The average Bonchev–Trinajstić information content (AvgIpc) is 2.39. The zero-order valence-electron chi connectivity index (χ0n) is 12.7. The Kier molecular flexibility index (Phi) is 5.82. The van der Waals surface area contributed by atoms with Crippen molar-refractivity contribution in [2.24, 2.45) is 0 Å². The van der Waals surface area contributed by atoms with E-state index in [0.29, 0.717) is 0 Å². The van der Waals surface area contributed by atoms with Gasteiger partial charge in [0, 0.05) is 5.69 Å². The smallest absolute Gasteiger partial charge is 0.347 e. The molecule has 0 radical (unpaired) electrons. The number of carbonyl (C=O) groups excluding carboxylic acids is 1. The number of nitrogens with one attached hydrogen (secondary N) is 1. The van der Waals surface area contributed by atoms with E-state index in [9.17, 15) is 4.79 Å². The number of thiocarbonyl (C=S) groups is 1. The number of nitrogens with zero attached hydrogens (tertiary/aromatic N) is 1. The zero-order chi connectivity index (χ0) is 16.0. The van der Waals surface area contributed by atoms with Crippen molar-refractivity contribution in [2.45, 2.75) is 33.1 Å². The average molecular weight is 303 g/mol. The minimum atomic E-state index is -0.705. The Balaban J connectivity index is 2.84. The van der Waals surface area contributed by atoms with E-state index < -0.39 is 5.97 Å². The van der Waals surface area contributed by atoms with Crippen LogP contribution in [0, 0.1) is 0 Å². The number of rotatable bonds is 4. The van der Waals surface area contributed by atoms with Crippen molar-refractivity contribution in [3.63, 3.8) is 0 Å². The number of hydrogen-bond acceptors (Lipinski definition) is 3. The van der Waals surface area contributed by atoms with Gasteiger partial charge in [-0.05, 0) is 30.0 Å². The molecule has 0 aliphatic rings. The highest BCUT2D eigenvalue weighted by Crippen LogP contribution is 2.23. The first-order valence-corrected chi connectivity index (χ1v) is 7.06. The second-order valence-electron chi connectivity index (χ2n) is 5.49. The van der Waals surface area contributed by atoms with E-state index in [0.717, 1.165) is 5.69 Å². The maximum Gasteiger partial charge on any atom is 0.347 e. The Morgan fingerprint density at radius 3 is 2.33 bits per heavy atom. The zero-order valence-corrected chi connectivity index (χ0v) is 13.5. The van der Waals surface area contributed by atoms with Crippen LogP contribution in [0.25, 0.3) is 5.41 Å². The third kappa shape index (κ3) is 4.81. The van der Waals surface area contributed by atoms with Crippen molar-refractivity contribution in [3.8, 4) is 0 Å². The van der Waals surface area contributed by atoms with Crippen molar-refractivity contribution < 1.29 is 9.53 Å². The summed E-state index contributed by atoms with van der Waals surface area (Å²) in [6.07, 6.45) is 0. The fourth-order valence-corrected chi connectivity index (χ4v) is 1.89. The van der Waals surface area contributed by atoms with E-state index >= 15 is 0 Å². The molecule has 0 aliphatic carbocycles. The lowest BCUT2D eigenvalue weighted by atomic mass is 9.87. The fraction of sp³-hybridized carbons (Fsp3) is 0.375. The third-order valence-corrected chi connectivity index (χ3v) is 3.13. The summed E-state index contributed by atoms with van der Waals surface area (Å²) in [6.45, 7) is 8.26. The van der Waals surface area contributed by atoms with Gasteiger partial charge in [0.1, 0.15) is 10.6 Å². The van der Waals surface area contributed by atoms with E-state index in [2.05, 4.69) is 26.1 Å². The SMILES string of the molecule is CCOC(=O)C(=C=[N-])C(=S)Nc1ccc(C(C)(C)C)cc1. The standard InChI is InChI=1S/C16H19N2O2S/c1-5-20-15(19)13(10-17)14(21)18-12-8-6-11(7-9-12)16(2,3)4/h6-9H,5H2,1-4H3,(H,18,21)/q-1. The van der Waals surface area contributed by atoms with E-state index in [1.807, 2.05) is 24.3 Å². The first kappa shape index (κ1) is 17.1. The van der Waals surface area contributed by atoms with Crippen molar-refractivity contribution in [1.29, 1.82) is 0 Å². The van der Waals surface area contributed by atoms with Crippen LogP contribution in [0.15, 0.2) is 29.8 Å². The normalized spacial score (nSPS) is 10.5. The minimum absolute atomic E-state index is 0.0634. The molecule has 0 heterocycles. The van der Waals surface area contributed by atoms with Gasteiger partial charge in [0.25, 0.3) is 0 Å². The number of hydrogen-bond donors (Lipinski definition) is 1. The van der Waals surface area contributed by atoms with Gasteiger partial charge in [0.2, 0.25) is 0 Å². The molecule has 0 saturated heterocycles. The molecule has 112 valence electrons. The predicted octanol–water partition coefficient (Wildman–Crippen LogP) is 3.45. The molecule has 0 aliphatic heterocycles. The molecule has 1 N–H and O–H groups in total. The van der Waals surface area contributed by atoms with Crippen LogP contribution in [0.2, 0.25) is 0 Å². The molecule has 0 bridgehead atoms. The monoisotopic (exact) mass is 303 g/mol. The van der Waals surface area contributed by atoms with Crippen LogP contribution in [-0.4, -0.2) is 23.4 Å². The summed E-state index contributed by atoms with van der Waals surface area (Å²) in [7, 11) is 0. The summed E-state index contributed by atoms with van der Waals surface area (Å²) >= 11 is 5.08. The maximum atomic E-state index is 11.6. The lowest BCUT2D eigenvalue weighted by molar-refractivity contribution is -0.137. The first-order valence-electron chi connectivity index (χ1n) is 6.65. The van der Waals surface area contributed by atoms with Gasteiger partial charge >= 0.3 is 5.97 Å². The van der Waals surface area contributed by atoms with Crippen LogP contribution in [-0.2, 0) is 14.9 Å². The van der Waals surface area contributed by atoms with Crippen LogP contribution in [0.3, 0.4) is 0 Å². The molecule has 21 heavy (non-hydrogen) atoms. The van der Waals surface area contributed by atoms with Crippen molar-refractivity contribution >= 4 is 34.7 Å². The highest BCUT2D eigenvalue weighted by Gasteiger charge is 2.15. The maximum absolute atomic E-state index is 11.6. The summed E-state index contributed by atoms with van der Waals surface area (Å²) in [6, 6.07) is 7.71. The first-order chi connectivity index (χ1) is 9.79. The molecule has 1 aromatic carbocycles. The molecule has 0 saturated carbocycles. The van der Waals surface area contributed by atoms with Crippen LogP contribution >= 0.6 is 12.2 Å². The number of ether oxygens (including phenoxy) is 1. The van der Waals surface area contributed by atoms with E-state index in [4.69, 9.17) is 22.4 Å². The van der Waals surface area contributed by atoms with Crippen molar-refractivity contribution in [2.75, 3.05) is 11.9 Å². The Morgan fingerprint density at radius 1 is 1.33 bits per heavy atom. The molecule has 0 aromatic heterocycles. The molecule has 0 amide bonds. The lowest BCUT2D eigenvalue weighted by Crippen LogP contribution is -2.21. The molecular weight excluding hydrogens is 284 g/mol. The van der Waals surface area contributed by atoms with Crippen LogP contribution in [0.5, 0.6) is 0 Å². The van der Waals surface area contributed by atoms with E-state index in [1.54, 1.807) is 12.8 Å². The molecule has 1 rings (SSSR count). The molecule has 1 aromatic rings. The fourth-order valence-electron chi connectivity index (χ4n) is 1.64. The van der Waals surface area contributed by atoms with Gasteiger partial charge in [-0.15, -0.1) is 0 Å². The Bertz CT molecular complexity index is 579. The second kappa shape index (κ2) is 7.16. The highest BCUT2D eigenvalue weighted by molar-refractivity contribution is 7.81. The number of carbonyl (C=O) groups is 1. The molecule has 4 nitrogen and oxygen atoms in total. The second-order valence-corrected chi connectivity index (χ2v) is 5.90. The topological polar surface area (TPSA) is 60.6 Å². The van der Waals surface area contributed by atoms with Crippen molar-refractivity contribution in [1.82, 2.24) is 0 Å². The van der Waals surface area contributed by atoms with Crippen LogP contribution < -0.4 is 5.32 Å². The molecule has 5 heteroatoms. The van der Waals surface area contributed by atoms with Crippen LogP contribution in [0.4, 0.5) is 5.69 Å². The number of esters is 1. The van der Waals surface area contributed by atoms with Gasteiger partial charge in [-0.1, -0.05) is 45.1 Å². The van der Waals surface area contributed by atoms with Gasteiger partial charge in [-0.3, -0.25) is 5.87 Å². The molecule has 0 spiro atoms.